The van der Waals surface area contributed by atoms with E-state index in [0.29, 0.717) is 11.4 Å². The maximum atomic E-state index is 13.3. The maximum Gasteiger partial charge on any atom is 0.335 e. The van der Waals surface area contributed by atoms with Gasteiger partial charge in [0.05, 0.1) is 22.4 Å². The molecule has 0 spiro atoms. The third kappa shape index (κ3) is 3.95. The predicted octanol–water partition coefficient (Wildman–Crippen LogP) is 5.10. The Kier molecular flexibility index (Phi) is 5.43. The number of nitrogens with zero attached hydrogens (tertiary/aromatic N) is 1. The van der Waals surface area contributed by atoms with Gasteiger partial charge in [-0.1, -0.05) is 48.5 Å². The normalized spacial score (nSPS) is 12.4. The number of carbonyl (C=O) groups excluding carboxylic acids is 3. The smallest absolute Gasteiger partial charge is 0.335 e. The highest BCUT2D eigenvalue weighted by Gasteiger charge is 2.38. The number of nitrogens with one attached hydrogen (secondary N) is 1. The van der Waals surface area contributed by atoms with Crippen molar-refractivity contribution in [1.82, 2.24) is 0 Å². The number of carbonyl (C=O) groups is 4. The molecule has 4 aromatic carbocycles. The number of fused-ring (bicyclic) bond motifs is 1. The van der Waals surface area contributed by atoms with E-state index in [-0.39, 0.29) is 22.3 Å². The van der Waals surface area contributed by atoms with E-state index in [0.717, 1.165) is 16.0 Å². The predicted molar refractivity (Wildman–Crippen MR) is 131 cm³/mol. The van der Waals surface area contributed by atoms with Crippen molar-refractivity contribution in [1.29, 1.82) is 0 Å². The third-order valence-electron chi connectivity index (χ3n) is 5.77. The molecule has 1 aliphatic heterocycles. The van der Waals surface area contributed by atoms with Crippen molar-refractivity contribution < 1.29 is 24.3 Å². The van der Waals surface area contributed by atoms with E-state index in [1.807, 2.05) is 42.5 Å². The summed E-state index contributed by atoms with van der Waals surface area (Å²) in [5.74, 6) is -2.51. The molecule has 0 unspecified atom stereocenters. The Morgan fingerprint density at radius 1 is 0.657 bits per heavy atom. The number of aromatic carboxylic acids is 1. The average Bonchev–Trinajstić information content (AvgIpc) is 3.14. The molecule has 3 amide bonds. The Bertz CT molecular complexity index is 1490. The first-order chi connectivity index (χ1) is 16.9. The monoisotopic (exact) mass is 462 g/mol. The summed E-state index contributed by atoms with van der Waals surface area (Å²) in [6, 6.07) is 26.7. The summed E-state index contributed by atoms with van der Waals surface area (Å²) in [7, 11) is 0. The Morgan fingerprint density at radius 3 is 2.00 bits per heavy atom. The lowest BCUT2D eigenvalue weighted by Gasteiger charge is -2.18. The van der Waals surface area contributed by atoms with Crippen LogP contribution in [0.3, 0.4) is 0 Å². The van der Waals surface area contributed by atoms with Crippen LogP contribution in [0, 0.1) is 0 Å². The Morgan fingerprint density at radius 2 is 1.29 bits per heavy atom. The van der Waals surface area contributed by atoms with E-state index < -0.39 is 23.7 Å². The molecule has 7 nitrogen and oxygen atoms in total. The van der Waals surface area contributed by atoms with E-state index in [4.69, 9.17) is 5.11 Å². The molecule has 0 atom stereocenters. The van der Waals surface area contributed by atoms with Gasteiger partial charge in [-0.2, -0.15) is 0 Å². The van der Waals surface area contributed by atoms with E-state index in [1.54, 1.807) is 12.1 Å². The van der Waals surface area contributed by atoms with Crippen molar-refractivity contribution in [2.75, 3.05) is 10.2 Å². The van der Waals surface area contributed by atoms with Crippen molar-refractivity contribution >= 4 is 35.1 Å². The van der Waals surface area contributed by atoms with E-state index in [9.17, 15) is 19.2 Å². The standard InChI is InChI=1S/C28H18N2O5/c31-25(29-20-13-10-18(11-14-20)28(34)35)19-12-15-22-23(16-19)27(33)30(26(22)32)24-9-5-4-8-21(24)17-6-2-1-3-7-17/h1-16H,(H,29,31)(H,34,35). The Labute approximate surface area is 200 Å². The second kappa shape index (κ2) is 8.72. The second-order valence-electron chi connectivity index (χ2n) is 7.93. The topological polar surface area (TPSA) is 104 Å². The molecular formula is C28H18N2O5. The molecule has 170 valence electrons. The van der Waals surface area contributed by atoms with Gasteiger partial charge in [0.2, 0.25) is 0 Å². The average molecular weight is 462 g/mol. The first-order valence-corrected chi connectivity index (χ1v) is 10.8. The summed E-state index contributed by atoms with van der Waals surface area (Å²) in [5, 5.41) is 11.7. The zero-order valence-corrected chi connectivity index (χ0v) is 18.3. The van der Waals surface area contributed by atoms with Crippen LogP contribution in [0.15, 0.2) is 97.1 Å². The van der Waals surface area contributed by atoms with Crippen molar-refractivity contribution in [3.8, 4) is 11.1 Å². The molecule has 0 aromatic heterocycles. The Balaban J connectivity index is 1.44. The van der Waals surface area contributed by atoms with Crippen LogP contribution in [0.1, 0.15) is 41.4 Å². The van der Waals surface area contributed by atoms with E-state index in [1.165, 1.54) is 42.5 Å². The zero-order chi connectivity index (χ0) is 24.5. The molecule has 0 saturated heterocycles. The fraction of sp³-hybridized carbons (Fsp3) is 0. The summed E-state index contributed by atoms with van der Waals surface area (Å²) in [6.07, 6.45) is 0. The van der Waals surface area contributed by atoms with Crippen LogP contribution in [0.4, 0.5) is 11.4 Å². The number of imide groups is 1. The Hall–Kier alpha value is -5.04. The highest BCUT2D eigenvalue weighted by atomic mass is 16.4. The summed E-state index contributed by atoms with van der Waals surface area (Å²) in [4.78, 5) is 51.5. The summed E-state index contributed by atoms with van der Waals surface area (Å²) < 4.78 is 0. The molecule has 0 aliphatic carbocycles. The van der Waals surface area contributed by atoms with E-state index >= 15 is 0 Å². The number of benzene rings is 4. The number of carboxylic acid groups (broad SMARTS) is 1. The number of rotatable bonds is 5. The van der Waals surface area contributed by atoms with Gasteiger partial charge in [-0.05, 0) is 54.1 Å². The molecule has 0 bridgehead atoms. The molecule has 1 aliphatic rings. The minimum Gasteiger partial charge on any atom is -0.478 e. The maximum absolute atomic E-state index is 13.3. The number of para-hydroxylation sites is 1. The van der Waals surface area contributed by atoms with Crippen LogP contribution >= 0.6 is 0 Å². The number of carboxylic acids is 1. The largest absolute Gasteiger partial charge is 0.478 e. The number of amides is 3. The van der Waals surface area contributed by atoms with Gasteiger partial charge < -0.3 is 10.4 Å². The van der Waals surface area contributed by atoms with Crippen molar-refractivity contribution in [2.45, 2.75) is 0 Å². The van der Waals surface area contributed by atoms with Crippen molar-refractivity contribution in [3.63, 3.8) is 0 Å². The molecule has 0 fully saturated rings. The lowest BCUT2D eigenvalue weighted by molar-refractivity contribution is 0.0696. The zero-order valence-electron chi connectivity index (χ0n) is 18.3. The van der Waals surface area contributed by atoms with Crippen molar-refractivity contribution in [3.05, 3.63) is 119 Å². The van der Waals surface area contributed by atoms with Crippen LogP contribution in [0.2, 0.25) is 0 Å². The van der Waals surface area contributed by atoms with Crippen LogP contribution in [-0.2, 0) is 0 Å². The minimum atomic E-state index is -1.07. The summed E-state index contributed by atoms with van der Waals surface area (Å²) in [5.41, 5.74) is 3.15. The molecule has 1 heterocycles. The van der Waals surface area contributed by atoms with Crippen LogP contribution in [0.5, 0.6) is 0 Å². The van der Waals surface area contributed by atoms with Gasteiger partial charge in [0.15, 0.2) is 0 Å². The lowest BCUT2D eigenvalue weighted by Crippen LogP contribution is -2.29. The highest BCUT2D eigenvalue weighted by Crippen LogP contribution is 2.36. The highest BCUT2D eigenvalue weighted by molar-refractivity contribution is 6.35. The fourth-order valence-corrected chi connectivity index (χ4v) is 4.03. The molecule has 7 heteroatoms. The van der Waals surface area contributed by atoms with Gasteiger partial charge in [-0.15, -0.1) is 0 Å². The molecular weight excluding hydrogens is 444 g/mol. The van der Waals surface area contributed by atoms with Gasteiger partial charge in [0.25, 0.3) is 17.7 Å². The lowest BCUT2D eigenvalue weighted by atomic mass is 10.0. The van der Waals surface area contributed by atoms with Crippen LogP contribution in [-0.4, -0.2) is 28.8 Å². The molecule has 2 N–H and O–H groups in total. The molecule has 4 aromatic rings. The quantitative estimate of drug-likeness (QED) is 0.402. The fourth-order valence-electron chi connectivity index (χ4n) is 4.03. The van der Waals surface area contributed by atoms with E-state index in [2.05, 4.69) is 5.32 Å². The van der Waals surface area contributed by atoms with Gasteiger partial charge in [0.1, 0.15) is 0 Å². The summed E-state index contributed by atoms with van der Waals surface area (Å²) in [6.45, 7) is 0. The van der Waals surface area contributed by atoms with Gasteiger partial charge >= 0.3 is 5.97 Å². The number of hydrogen-bond acceptors (Lipinski definition) is 4. The first-order valence-electron chi connectivity index (χ1n) is 10.8. The van der Waals surface area contributed by atoms with Crippen LogP contribution in [0.25, 0.3) is 11.1 Å². The molecule has 5 rings (SSSR count). The molecule has 0 saturated carbocycles. The number of anilines is 2. The minimum absolute atomic E-state index is 0.0977. The summed E-state index contributed by atoms with van der Waals surface area (Å²) >= 11 is 0. The van der Waals surface area contributed by atoms with Gasteiger partial charge in [-0.3, -0.25) is 14.4 Å². The molecule has 35 heavy (non-hydrogen) atoms. The second-order valence-corrected chi connectivity index (χ2v) is 7.93. The van der Waals surface area contributed by atoms with Gasteiger partial charge in [0, 0.05) is 16.8 Å². The van der Waals surface area contributed by atoms with Crippen molar-refractivity contribution in [2.24, 2.45) is 0 Å². The van der Waals surface area contributed by atoms with Crippen LogP contribution < -0.4 is 10.2 Å². The van der Waals surface area contributed by atoms with Gasteiger partial charge in [-0.25, -0.2) is 9.69 Å². The molecule has 0 radical (unpaired) electrons. The third-order valence-corrected chi connectivity index (χ3v) is 5.77. The SMILES string of the molecule is O=C(O)c1ccc(NC(=O)c2ccc3c(c2)C(=O)N(c2ccccc2-c2ccccc2)C3=O)cc1. The first kappa shape index (κ1) is 21.8. The number of hydrogen-bond donors (Lipinski definition) is 2.